The molecule has 262 valence electrons. The van der Waals surface area contributed by atoms with Crippen molar-refractivity contribution in [3.8, 4) is 6.01 Å². The van der Waals surface area contributed by atoms with Crippen LogP contribution in [0.4, 0.5) is 10.2 Å². The van der Waals surface area contributed by atoms with Crippen LogP contribution in [0.3, 0.4) is 0 Å². The molecule has 0 bridgehead atoms. The van der Waals surface area contributed by atoms with Crippen molar-refractivity contribution in [2.75, 3.05) is 58.8 Å². The second-order valence-corrected chi connectivity index (χ2v) is 13.4. The highest BCUT2D eigenvalue weighted by atomic mass is 35.5. The van der Waals surface area contributed by atoms with E-state index in [0.717, 1.165) is 62.3 Å². The predicted molar refractivity (Wildman–Crippen MR) is 191 cm³/mol. The molecule has 6 N–H and O–H groups in total. The largest absolute Gasteiger partial charge is 0.467 e. The molecule has 3 atom stereocenters. The molecule has 2 saturated heterocycles. The van der Waals surface area contributed by atoms with Crippen LogP contribution in [0.25, 0.3) is 0 Å². The first kappa shape index (κ1) is 35.8. The van der Waals surface area contributed by atoms with Gasteiger partial charge in [0.15, 0.2) is 5.84 Å². The van der Waals surface area contributed by atoms with Gasteiger partial charge < -0.3 is 21.2 Å². The Morgan fingerprint density at radius 3 is 2.69 bits per heavy atom. The van der Waals surface area contributed by atoms with Crippen LogP contribution in [0, 0.1) is 0 Å². The van der Waals surface area contributed by atoms with Gasteiger partial charge in [-0.2, -0.15) is 15.1 Å². The van der Waals surface area contributed by atoms with Crippen molar-refractivity contribution in [2.45, 2.75) is 76.7 Å². The van der Waals surface area contributed by atoms with Crippen molar-refractivity contribution in [1.82, 2.24) is 24.8 Å². The van der Waals surface area contributed by atoms with E-state index in [1.165, 1.54) is 29.0 Å². The SMILES string of the molecule is CCCc1ccccc1C1Cc2nc(OC)nc(N3CCCN=C(/C(Cl)=C(N)/C(=N/N)N(C)N)C3)c2CN1C.FC1CC2CCCN2C1. The number of aryl methyl sites for hydroxylation is 1. The molecule has 0 amide bonds. The summed E-state index contributed by atoms with van der Waals surface area (Å²) in [6, 6.07) is 9.89. The number of aliphatic imine (C=N–C) groups is 1. The van der Waals surface area contributed by atoms with Crippen LogP contribution in [0.5, 0.6) is 6.01 Å². The molecule has 14 heteroatoms. The summed E-state index contributed by atoms with van der Waals surface area (Å²) in [5, 5.41) is 5.17. The van der Waals surface area contributed by atoms with Crippen LogP contribution in [-0.2, 0) is 19.4 Å². The van der Waals surface area contributed by atoms with Crippen molar-refractivity contribution in [3.05, 3.63) is 57.4 Å². The van der Waals surface area contributed by atoms with Crippen LogP contribution in [-0.4, -0.2) is 102 Å². The van der Waals surface area contributed by atoms with E-state index in [1.807, 2.05) is 0 Å². The minimum absolute atomic E-state index is 0.167. The number of fused-ring (bicyclic) bond motifs is 2. The first-order valence-electron chi connectivity index (χ1n) is 17.0. The number of aromatic nitrogens is 2. The molecule has 0 radical (unpaired) electrons. The number of halogens is 2. The maximum absolute atomic E-state index is 12.6. The van der Waals surface area contributed by atoms with Gasteiger partial charge in [0.05, 0.1) is 35.8 Å². The Kier molecular flexibility index (Phi) is 12.1. The molecule has 2 fully saturated rings. The summed E-state index contributed by atoms with van der Waals surface area (Å²) in [5.41, 5.74) is 11.9. The standard InChI is InChI=1S/C27H39ClN10O.C7H12FN/c1-5-9-17-10-6-7-11-18(17)22-14-20-19(15-36(22)2)25(34-27(33-20)39-4)38-13-8-12-32-21(16-38)23(28)24(29)26(35-30)37(3)31;8-6-4-7-2-1-3-9(7)5-6/h6-7,10-11,22H,5,8-9,12-16,29-31H2,1-4H3;6-7H,1-5H2/b24-23+,35-26-;. The van der Waals surface area contributed by atoms with Crippen LogP contribution >= 0.6 is 11.6 Å². The van der Waals surface area contributed by atoms with Gasteiger partial charge in [0, 0.05) is 57.3 Å². The van der Waals surface area contributed by atoms with E-state index in [4.69, 9.17) is 48.7 Å². The number of hydrazone groups is 1. The molecular formula is C34H51ClFN11O. The van der Waals surface area contributed by atoms with Gasteiger partial charge in [0.2, 0.25) is 0 Å². The predicted octanol–water partition coefficient (Wildman–Crippen LogP) is 3.50. The fourth-order valence-corrected chi connectivity index (χ4v) is 7.52. The zero-order valence-corrected chi connectivity index (χ0v) is 29.5. The van der Waals surface area contributed by atoms with Crippen LogP contribution < -0.4 is 27.1 Å². The number of benzene rings is 1. The molecule has 0 aliphatic carbocycles. The lowest BCUT2D eigenvalue weighted by Crippen LogP contribution is -2.39. The number of ether oxygens (including phenoxy) is 1. The fourth-order valence-electron chi connectivity index (χ4n) is 7.32. The lowest BCUT2D eigenvalue weighted by atomic mass is 9.89. The summed E-state index contributed by atoms with van der Waals surface area (Å²) >= 11 is 6.72. The molecule has 2 aromatic rings. The monoisotopic (exact) mass is 683 g/mol. The number of hydrazine groups is 1. The maximum Gasteiger partial charge on any atom is 0.318 e. The summed E-state index contributed by atoms with van der Waals surface area (Å²) in [4.78, 5) is 21.2. The number of hydrogen-bond donors (Lipinski definition) is 3. The normalized spacial score (nSPS) is 23.7. The van der Waals surface area contributed by atoms with Gasteiger partial charge in [-0.05, 0) is 56.8 Å². The molecule has 48 heavy (non-hydrogen) atoms. The average Bonchev–Trinajstić information content (AvgIpc) is 3.56. The van der Waals surface area contributed by atoms with E-state index < -0.39 is 6.17 Å². The highest BCUT2D eigenvalue weighted by Gasteiger charge is 2.35. The number of rotatable bonds is 7. The van der Waals surface area contributed by atoms with Crippen molar-refractivity contribution in [1.29, 1.82) is 0 Å². The van der Waals surface area contributed by atoms with Gasteiger partial charge in [-0.25, -0.2) is 10.2 Å². The number of anilines is 1. The topological polar surface area (TPSA) is 151 Å². The number of amidine groups is 1. The molecule has 4 aliphatic rings. The number of likely N-dealkylation sites (N-methyl/N-ethyl adjacent to an activating group) is 2. The lowest BCUT2D eigenvalue weighted by Gasteiger charge is -2.37. The summed E-state index contributed by atoms with van der Waals surface area (Å²) in [5.74, 6) is 12.3. The Labute approximate surface area is 288 Å². The molecule has 4 aliphatic heterocycles. The minimum atomic E-state index is -0.518. The van der Waals surface area contributed by atoms with E-state index in [0.29, 0.717) is 43.9 Å². The third kappa shape index (κ3) is 8.02. The van der Waals surface area contributed by atoms with Crippen LogP contribution in [0.15, 0.2) is 45.1 Å². The first-order chi connectivity index (χ1) is 23.1. The van der Waals surface area contributed by atoms with Gasteiger partial charge in [-0.3, -0.25) is 19.8 Å². The highest BCUT2D eigenvalue weighted by molar-refractivity contribution is 6.46. The van der Waals surface area contributed by atoms with Crippen molar-refractivity contribution >= 4 is 29.0 Å². The second-order valence-electron chi connectivity index (χ2n) is 13.1. The smallest absolute Gasteiger partial charge is 0.318 e. The van der Waals surface area contributed by atoms with Crippen molar-refractivity contribution < 1.29 is 9.13 Å². The van der Waals surface area contributed by atoms with Crippen molar-refractivity contribution in [3.63, 3.8) is 0 Å². The summed E-state index contributed by atoms with van der Waals surface area (Å²) < 4.78 is 18.2. The van der Waals surface area contributed by atoms with Gasteiger partial charge in [-0.15, -0.1) is 0 Å². The molecule has 1 aromatic carbocycles. The van der Waals surface area contributed by atoms with E-state index in [1.54, 1.807) is 14.2 Å². The van der Waals surface area contributed by atoms with E-state index in [2.05, 4.69) is 58.0 Å². The Hall–Kier alpha value is -3.52. The molecule has 3 unspecified atom stereocenters. The number of alkyl halides is 1. The molecular weight excluding hydrogens is 633 g/mol. The number of nitrogens with zero attached hydrogens (tertiary/aromatic N) is 8. The fraction of sp³-hybridized carbons (Fsp3) is 0.588. The van der Waals surface area contributed by atoms with Crippen molar-refractivity contribution in [2.24, 2.45) is 27.5 Å². The first-order valence-corrected chi connectivity index (χ1v) is 17.3. The molecule has 5 heterocycles. The molecule has 12 nitrogen and oxygen atoms in total. The average molecular weight is 684 g/mol. The number of hydrogen-bond acceptors (Lipinski definition) is 11. The van der Waals surface area contributed by atoms with E-state index in [9.17, 15) is 4.39 Å². The highest BCUT2D eigenvalue weighted by Crippen LogP contribution is 2.38. The van der Waals surface area contributed by atoms with Crippen LogP contribution in [0.1, 0.15) is 67.5 Å². The van der Waals surface area contributed by atoms with E-state index in [-0.39, 0.29) is 22.6 Å². The van der Waals surface area contributed by atoms with Crippen LogP contribution in [0.2, 0.25) is 0 Å². The summed E-state index contributed by atoms with van der Waals surface area (Å²) in [6.07, 6.45) is 6.56. The molecule has 0 saturated carbocycles. The number of nitrogens with two attached hydrogens (primary N) is 3. The zero-order valence-electron chi connectivity index (χ0n) is 28.7. The maximum atomic E-state index is 12.6. The van der Waals surface area contributed by atoms with Gasteiger partial charge in [0.25, 0.3) is 0 Å². The summed E-state index contributed by atoms with van der Waals surface area (Å²) in [7, 11) is 5.35. The Morgan fingerprint density at radius 1 is 1.19 bits per heavy atom. The third-order valence-corrected chi connectivity index (χ3v) is 10.1. The molecule has 0 spiro atoms. The molecule has 1 aromatic heterocycles. The second kappa shape index (κ2) is 16.3. The van der Waals surface area contributed by atoms with E-state index >= 15 is 0 Å². The summed E-state index contributed by atoms with van der Waals surface area (Å²) in [6.45, 7) is 6.53. The number of methoxy groups -OCH3 is 1. The third-order valence-electron chi connectivity index (χ3n) is 9.67. The molecule has 6 rings (SSSR count). The Morgan fingerprint density at radius 2 is 1.98 bits per heavy atom. The minimum Gasteiger partial charge on any atom is -0.467 e. The lowest BCUT2D eigenvalue weighted by molar-refractivity contribution is 0.212. The Bertz CT molecular complexity index is 1500. The van der Waals surface area contributed by atoms with Gasteiger partial charge >= 0.3 is 6.01 Å². The zero-order chi connectivity index (χ0) is 34.4. The van der Waals surface area contributed by atoms with Gasteiger partial charge in [0.1, 0.15) is 12.0 Å². The van der Waals surface area contributed by atoms with Gasteiger partial charge in [-0.1, -0.05) is 49.2 Å². The quantitative estimate of drug-likeness (QED) is 0.171. The Balaban J connectivity index is 0.000000427.